The number of aliphatic hydroxyl groups is 1. The molecule has 72 valence electrons. The number of thioether (sulfide) groups is 2. The zero-order valence-electron chi connectivity index (χ0n) is 7.96. The topological polar surface area (TPSA) is 37.3 Å². The monoisotopic (exact) mass is 208 g/mol. The first-order valence-corrected chi connectivity index (χ1v) is 5.87. The van der Waals surface area contributed by atoms with Gasteiger partial charge in [0, 0.05) is 5.25 Å². The highest BCUT2D eigenvalue weighted by molar-refractivity contribution is 8.38. The molecule has 0 aliphatic rings. The van der Waals surface area contributed by atoms with Crippen LogP contribution in [0.15, 0.2) is 0 Å². The van der Waals surface area contributed by atoms with Gasteiger partial charge in [-0.3, -0.25) is 4.79 Å². The molecule has 0 rings (SSSR count). The molecule has 0 heterocycles. The van der Waals surface area contributed by atoms with Crippen LogP contribution in [-0.4, -0.2) is 27.7 Å². The van der Waals surface area contributed by atoms with Crippen LogP contribution < -0.4 is 0 Å². The van der Waals surface area contributed by atoms with Crippen LogP contribution in [0.2, 0.25) is 0 Å². The van der Waals surface area contributed by atoms with E-state index >= 15 is 0 Å². The van der Waals surface area contributed by atoms with Crippen LogP contribution in [-0.2, 0) is 0 Å². The first-order chi connectivity index (χ1) is 5.41. The molecule has 0 bridgehead atoms. The van der Waals surface area contributed by atoms with Gasteiger partial charge in [0.2, 0.25) is 4.45 Å². The lowest BCUT2D eigenvalue weighted by Crippen LogP contribution is -2.27. The van der Waals surface area contributed by atoms with Gasteiger partial charge >= 0.3 is 0 Å². The normalized spacial score (nSPS) is 14.4. The summed E-state index contributed by atoms with van der Waals surface area (Å²) in [7, 11) is 0. The Labute approximate surface area is 82.5 Å². The third-order valence-corrected chi connectivity index (χ3v) is 3.99. The summed E-state index contributed by atoms with van der Waals surface area (Å²) < 4.78 is 0.0731. The van der Waals surface area contributed by atoms with Gasteiger partial charge in [-0.05, 0) is 11.7 Å². The molecule has 0 saturated carbocycles. The Hall–Kier alpha value is 0.330. The quantitative estimate of drug-likeness (QED) is 0.757. The van der Waals surface area contributed by atoms with E-state index in [0.717, 1.165) is 0 Å². The Balaban J connectivity index is 4.09. The maximum absolute atomic E-state index is 11.0. The molecule has 0 aromatic carbocycles. The summed E-state index contributed by atoms with van der Waals surface area (Å²) in [6.07, 6.45) is 1.76. The largest absolute Gasteiger partial charge is 0.395 e. The van der Waals surface area contributed by atoms with E-state index in [0.29, 0.717) is 0 Å². The van der Waals surface area contributed by atoms with Gasteiger partial charge in [0.25, 0.3) is 0 Å². The molecule has 0 spiro atoms. The maximum Gasteiger partial charge on any atom is 0.246 e. The molecule has 12 heavy (non-hydrogen) atoms. The molecule has 0 radical (unpaired) electrons. The van der Waals surface area contributed by atoms with E-state index in [1.165, 1.54) is 23.5 Å². The summed E-state index contributed by atoms with van der Waals surface area (Å²) in [4.78, 5) is 11.0. The summed E-state index contributed by atoms with van der Waals surface area (Å²) in [6.45, 7) is 6.12. The van der Waals surface area contributed by atoms with Gasteiger partial charge in [-0.2, -0.15) is 0 Å². The molecule has 0 aromatic rings. The molecule has 0 aromatic heterocycles. The third-order valence-electron chi connectivity index (χ3n) is 1.54. The van der Waals surface area contributed by atoms with Gasteiger partial charge in [0.05, 0.1) is 6.61 Å². The minimum absolute atomic E-state index is 0.00236. The second-order valence-corrected chi connectivity index (χ2v) is 5.82. The van der Waals surface area contributed by atoms with Crippen molar-refractivity contribution in [1.82, 2.24) is 0 Å². The van der Waals surface area contributed by atoms with Crippen LogP contribution in [0.1, 0.15) is 20.8 Å². The second kappa shape index (κ2) is 5.14. The highest BCUT2D eigenvalue weighted by atomic mass is 32.2. The van der Waals surface area contributed by atoms with Crippen LogP contribution in [0.3, 0.4) is 0 Å². The Morgan fingerprint density at radius 2 is 2.00 bits per heavy atom. The van der Waals surface area contributed by atoms with E-state index < -0.39 is 0 Å². The fraction of sp³-hybridized carbons (Fsp3) is 0.875. The Kier molecular flexibility index (Phi) is 5.29. The highest BCUT2D eigenvalue weighted by Gasteiger charge is 2.26. The first-order valence-electron chi connectivity index (χ1n) is 3.77. The molecule has 0 fully saturated rings. The zero-order chi connectivity index (χ0) is 9.78. The average molecular weight is 208 g/mol. The number of aliphatic hydroxyl groups excluding tert-OH is 1. The van der Waals surface area contributed by atoms with E-state index in [-0.39, 0.29) is 21.7 Å². The standard InChI is InChI=1S/C8H16O2S2/c1-8(2,3)6(5-9)12-7(10)11-4/h6,9H,5H2,1-4H3/t6-/m0/s1. The summed E-state index contributed by atoms with van der Waals surface area (Å²) in [5.74, 6) is 0. The number of hydrogen-bond acceptors (Lipinski definition) is 4. The Morgan fingerprint density at radius 1 is 1.50 bits per heavy atom. The van der Waals surface area contributed by atoms with E-state index in [1.54, 1.807) is 6.26 Å². The zero-order valence-corrected chi connectivity index (χ0v) is 9.59. The smallest absolute Gasteiger partial charge is 0.246 e. The van der Waals surface area contributed by atoms with Crippen molar-refractivity contribution in [2.45, 2.75) is 26.0 Å². The average Bonchev–Trinajstić information content (AvgIpc) is 1.97. The molecular formula is C8H16O2S2. The van der Waals surface area contributed by atoms with E-state index in [2.05, 4.69) is 0 Å². The Bertz CT molecular complexity index is 152. The Morgan fingerprint density at radius 3 is 2.25 bits per heavy atom. The molecule has 1 N–H and O–H groups in total. The summed E-state index contributed by atoms with van der Waals surface area (Å²) in [5, 5.41) is 9.02. The minimum atomic E-state index is -0.0230. The highest BCUT2D eigenvalue weighted by Crippen LogP contribution is 2.32. The molecule has 2 nitrogen and oxygen atoms in total. The third kappa shape index (κ3) is 4.38. The van der Waals surface area contributed by atoms with E-state index in [4.69, 9.17) is 5.11 Å². The van der Waals surface area contributed by atoms with Crippen molar-refractivity contribution in [3.05, 3.63) is 0 Å². The van der Waals surface area contributed by atoms with Gasteiger partial charge in [0.15, 0.2) is 0 Å². The number of carbonyl (C=O) groups is 1. The van der Waals surface area contributed by atoms with Gasteiger partial charge in [-0.1, -0.05) is 44.3 Å². The SMILES string of the molecule is CSC(=O)S[C@@H](CO)C(C)(C)C. The van der Waals surface area contributed by atoms with Crippen molar-refractivity contribution in [2.75, 3.05) is 12.9 Å². The lowest BCUT2D eigenvalue weighted by atomic mass is 9.92. The summed E-state index contributed by atoms with van der Waals surface area (Å²) >= 11 is 2.42. The second-order valence-electron chi connectivity index (χ2n) is 3.61. The molecule has 0 aliphatic heterocycles. The van der Waals surface area contributed by atoms with Crippen molar-refractivity contribution in [1.29, 1.82) is 0 Å². The van der Waals surface area contributed by atoms with Crippen LogP contribution in [0, 0.1) is 5.41 Å². The first kappa shape index (κ1) is 12.3. The van der Waals surface area contributed by atoms with Crippen molar-refractivity contribution < 1.29 is 9.90 Å². The van der Waals surface area contributed by atoms with Crippen LogP contribution in [0.5, 0.6) is 0 Å². The summed E-state index contributed by atoms with van der Waals surface area (Å²) in [6, 6.07) is 0. The minimum Gasteiger partial charge on any atom is -0.395 e. The van der Waals surface area contributed by atoms with Crippen LogP contribution in [0.4, 0.5) is 4.79 Å². The lowest BCUT2D eigenvalue weighted by Gasteiger charge is -2.27. The predicted octanol–water partition coefficient (Wildman–Crippen LogP) is 2.61. The molecule has 0 saturated heterocycles. The van der Waals surface area contributed by atoms with Crippen molar-refractivity contribution in [3.63, 3.8) is 0 Å². The lowest BCUT2D eigenvalue weighted by molar-refractivity contribution is 0.234. The van der Waals surface area contributed by atoms with Gasteiger partial charge < -0.3 is 5.11 Å². The molecular weight excluding hydrogens is 192 g/mol. The molecule has 0 unspecified atom stereocenters. The predicted molar refractivity (Wildman–Crippen MR) is 56.8 cm³/mol. The maximum atomic E-state index is 11.0. The molecule has 0 aliphatic carbocycles. The molecule has 1 atom stereocenters. The molecule has 0 amide bonds. The van der Waals surface area contributed by atoms with Gasteiger partial charge in [-0.25, -0.2) is 0 Å². The van der Waals surface area contributed by atoms with E-state index in [1.807, 2.05) is 20.8 Å². The van der Waals surface area contributed by atoms with Crippen molar-refractivity contribution in [2.24, 2.45) is 5.41 Å². The van der Waals surface area contributed by atoms with Gasteiger partial charge in [0.1, 0.15) is 0 Å². The fourth-order valence-corrected chi connectivity index (χ4v) is 2.05. The van der Waals surface area contributed by atoms with Crippen molar-refractivity contribution in [3.8, 4) is 0 Å². The van der Waals surface area contributed by atoms with Crippen LogP contribution >= 0.6 is 23.5 Å². The van der Waals surface area contributed by atoms with Gasteiger partial charge in [-0.15, -0.1) is 0 Å². The number of rotatable bonds is 2. The van der Waals surface area contributed by atoms with Crippen LogP contribution in [0.25, 0.3) is 0 Å². The van der Waals surface area contributed by atoms with Crippen molar-refractivity contribution >= 4 is 28.0 Å². The number of carbonyl (C=O) groups excluding carboxylic acids is 1. The fourth-order valence-electron chi connectivity index (χ4n) is 0.652. The summed E-state index contributed by atoms with van der Waals surface area (Å²) in [5.41, 5.74) is -0.0230. The number of hydrogen-bond donors (Lipinski definition) is 1. The van der Waals surface area contributed by atoms with E-state index in [9.17, 15) is 4.79 Å². The molecule has 4 heteroatoms.